The van der Waals surface area contributed by atoms with E-state index in [1.165, 1.54) is 24.3 Å². The number of hydrogen-bond acceptors (Lipinski definition) is 5. The van der Waals surface area contributed by atoms with Crippen molar-refractivity contribution >= 4 is 11.8 Å². The van der Waals surface area contributed by atoms with Crippen molar-refractivity contribution in [3.63, 3.8) is 0 Å². The minimum absolute atomic E-state index is 0.0646. The fourth-order valence-electron chi connectivity index (χ4n) is 1.74. The van der Waals surface area contributed by atoms with Gasteiger partial charge in [-0.25, -0.2) is 4.79 Å². The summed E-state index contributed by atoms with van der Waals surface area (Å²) in [6.45, 7) is 0. The molecule has 6 heteroatoms. The van der Waals surface area contributed by atoms with E-state index in [-0.39, 0.29) is 16.9 Å². The van der Waals surface area contributed by atoms with Crippen LogP contribution < -0.4 is 0 Å². The zero-order valence-corrected chi connectivity index (χ0v) is 10.1. The number of hydrogen-bond donors (Lipinski definition) is 4. The van der Waals surface area contributed by atoms with Gasteiger partial charge in [-0.15, -0.1) is 0 Å². The summed E-state index contributed by atoms with van der Waals surface area (Å²) >= 11 is 0. The van der Waals surface area contributed by atoms with Crippen LogP contribution in [0, 0.1) is 0 Å². The highest BCUT2D eigenvalue weighted by molar-refractivity contribution is 6.13. The van der Waals surface area contributed by atoms with Crippen LogP contribution >= 0.6 is 0 Å². The Morgan fingerprint density at radius 2 is 1.30 bits per heavy atom. The highest BCUT2D eigenvalue weighted by Crippen LogP contribution is 2.30. The Morgan fingerprint density at radius 1 is 0.750 bits per heavy atom. The number of rotatable bonds is 3. The molecule has 0 fully saturated rings. The van der Waals surface area contributed by atoms with Gasteiger partial charge in [-0.05, 0) is 24.3 Å². The van der Waals surface area contributed by atoms with Crippen molar-refractivity contribution in [2.24, 2.45) is 0 Å². The first-order valence-corrected chi connectivity index (χ1v) is 5.53. The third-order valence-electron chi connectivity index (χ3n) is 2.74. The smallest absolute Gasteiger partial charge is 0.339 e. The van der Waals surface area contributed by atoms with E-state index in [9.17, 15) is 24.9 Å². The molecule has 102 valence electrons. The van der Waals surface area contributed by atoms with Crippen molar-refractivity contribution in [1.29, 1.82) is 0 Å². The Hall–Kier alpha value is -3.02. The van der Waals surface area contributed by atoms with E-state index in [4.69, 9.17) is 5.11 Å². The molecule has 0 saturated carbocycles. The Morgan fingerprint density at radius 3 is 1.90 bits per heavy atom. The van der Waals surface area contributed by atoms with E-state index < -0.39 is 28.8 Å². The summed E-state index contributed by atoms with van der Waals surface area (Å²) in [5, 5.41) is 37.6. The molecule has 6 nitrogen and oxygen atoms in total. The highest BCUT2D eigenvalue weighted by atomic mass is 16.4. The zero-order valence-electron chi connectivity index (χ0n) is 10.1. The first-order chi connectivity index (χ1) is 9.41. The summed E-state index contributed by atoms with van der Waals surface area (Å²) in [4.78, 5) is 22.9. The van der Waals surface area contributed by atoms with Crippen LogP contribution in [0.1, 0.15) is 26.3 Å². The Kier molecular flexibility index (Phi) is 3.30. The molecule has 0 radical (unpaired) electrons. The maximum absolute atomic E-state index is 12.1. The SMILES string of the molecule is O=C(O)c1cc(O)c(C(=O)c2ccccc2O)cc1O. The third-order valence-corrected chi connectivity index (χ3v) is 2.74. The Labute approximate surface area is 113 Å². The summed E-state index contributed by atoms with van der Waals surface area (Å²) in [6, 6.07) is 7.33. The van der Waals surface area contributed by atoms with Gasteiger partial charge >= 0.3 is 5.97 Å². The lowest BCUT2D eigenvalue weighted by atomic mass is 9.99. The molecule has 2 aromatic carbocycles. The van der Waals surface area contributed by atoms with Crippen molar-refractivity contribution in [1.82, 2.24) is 0 Å². The molecular weight excluding hydrogens is 264 g/mol. The summed E-state index contributed by atoms with van der Waals surface area (Å²) < 4.78 is 0. The van der Waals surface area contributed by atoms with E-state index in [2.05, 4.69) is 0 Å². The summed E-state index contributed by atoms with van der Waals surface area (Å²) in [5.41, 5.74) is -0.879. The van der Waals surface area contributed by atoms with Crippen LogP contribution in [0.4, 0.5) is 0 Å². The molecule has 20 heavy (non-hydrogen) atoms. The van der Waals surface area contributed by atoms with Gasteiger partial charge in [0.2, 0.25) is 5.78 Å². The molecule has 0 saturated heterocycles. The molecule has 2 aromatic rings. The van der Waals surface area contributed by atoms with Crippen molar-refractivity contribution in [3.8, 4) is 17.2 Å². The van der Waals surface area contributed by atoms with E-state index in [0.717, 1.165) is 12.1 Å². The van der Waals surface area contributed by atoms with Crippen molar-refractivity contribution in [2.75, 3.05) is 0 Å². The summed E-state index contributed by atoms with van der Waals surface area (Å²) in [6.07, 6.45) is 0. The predicted molar refractivity (Wildman–Crippen MR) is 68.3 cm³/mol. The second kappa shape index (κ2) is 4.93. The Balaban J connectivity index is 2.54. The van der Waals surface area contributed by atoms with Crippen LogP contribution in [0.25, 0.3) is 0 Å². The first kappa shape index (κ1) is 13.4. The number of phenolic OH excluding ortho intramolecular Hbond substituents is 2. The zero-order chi connectivity index (χ0) is 14.9. The summed E-state index contributed by atoms with van der Waals surface area (Å²) in [7, 11) is 0. The average Bonchev–Trinajstić information content (AvgIpc) is 2.40. The molecule has 2 rings (SSSR count). The second-order valence-electron chi connectivity index (χ2n) is 4.04. The van der Waals surface area contributed by atoms with Gasteiger partial charge in [-0.1, -0.05) is 12.1 Å². The van der Waals surface area contributed by atoms with Gasteiger partial charge in [0.25, 0.3) is 0 Å². The van der Waals surface area contributed by atoms with E-state index in [1.54, 1.807) is 0 Å². The van der Waals surface area contributed by atoms with Gasteiger partial charge in [0.05, 0.1) is 11.1 Å². The summed E-state index contributed by atoms with van der Waals surface area (Å²) in [5.74, 6) is -3.67. The lowest BCUT2D eigenvalue weighted by molar-refractivity contribution is 0.0692. The molecule has 0 amide bonds. The lowest BCUT2D eigenvalue weighted by Crippen LogP contribution is -2.04. The predicted octanol–water partition coefficient (Wildman–Crippen LogP) is 1.73. The monoisotopic (exact) mass is 274 g/mol. The number of carbonyl (C=O) groups is 2. The second-order valence-corrected chi connectivity index (χ2v) is 4.04. The van der Waals surface area contributed by atoms with Crippen LogP contribution in [0.3, 0.4) is 0 Å². The minimum Gasteiger partial charge on any atom is -0.507 e. The molecular formula is C14H10O6. The van der Waals surface area contributed by atoms with Crippen LogP contribution in [0.5, 0.6) is 17.2 Å². The van der Waals surface area contributed by atoms with Gasteiger partial charge in [-0.3, -0.25) is 4.79 Å². The molecule has 0 spiro atoms. The number of carboxylic acid groups (broad SMARTS) is 1. The molecule has 0 heterocycles. The first-order valence-electron chi connectivity index (χ1n) is 5.53. The van der Waals surface area contributed by atoms with E-state index in [0.29, 0.717) is 0 Å². The molecule has 0 aromatic heterocycles. The number of aromatic hydroxyl groups is 3. The molecule has 0 bridgehead atoms. The molecule has 4 N–H and O–H groups in total. The minimum atomic E-state index is -1.43. The highest BCUT2D eigenvalue weighted by Gasteiger charge is 2.21. The number of ketones is 1. The van der Waals surface area contributed by atoms with Crippen LogP contribution in [-0.2, 0) is 0 Å². The molecule has 0 atom stereocenters. The lowest BCUT2D eigenvalue weighted by Gasteiger charge is -2.08. The maximum atomic E-state index is 12.1. The molecule has 0 aliphatic carbocycles. The fourth-order valence-corrected chi connectivity index (χ4v) is 1.74. The van der Waals surface area contributed by atoms with Crippen LogP contribution in [0.2, 0.25) is 0 Å². The molecule has 0 aliphatic heterocycles. The number of aromatic carboxylic acids is 1. The largest absolute Gasteiger partial charge is 0.507 e. The maximum Gasteiger partial charge on any atom is 0.339 e. The van der Waals surface area contributed by atoms with Crippen molar-refractivity contribution in [3.05, 3.63) is 53.1 Å². The van der Waals surface area contributed by atoms with Gasteiger partial charge in [0.1, 0.15) is 22.8 Å². The normalized spacial score (nSPS) is 10.2. The quantitative estimate of drug-likeness (QED) is 0.500. The molecule has 0 unspecified atom stereocenters. The average molecular weight is 274 g/mol. The van der Waals surface area contributed by atoms with Crippen molar-refractivity contribution in [2.45, 2.75) is 0 Å². The van der Waals surface area contributed by atoms with E-state index >= 15 is 0 Å². The van der Waals surface area contributed by atoms with Gasteiger partial charge in [-0.2, -0.15) is 0 Å². The Bertz CT molecular complexity index is 705. The fraction of sp³-hybridized carbons (Fsp3) is 0. The van der Waals surface area contributed by atoms with Crippen LogP contribution in [0.15, 0.2) is 36.4 Å². The van der Waals surface area contributed by atoms with Crippen LogP contribution in [-0.4, -0.2) is 32.2 Å². The number of para-hydroxylation sites is 1. The molecule has 0 aliphatic rings. The van der Waals surface area contributed by atoms with Gasteiger partial charge in [0, 0.05) is 0 Å². The number of phenols is 3. The number of benzene rings is 2. The number of carbonyl (C=O) groups excluding carboxylic acids is 1. The topological polar surface area (TPSA) is 115 Å². The standard InChI is InChI=1S/C14H10O6/c15-10-4-2-1-3-7(10)13(18)8-5-12(17)9(14(19)20)6-11(8)16/h1-6,15-17H,(H,19,20). The van der Waals surface area contributed by atoms with Crippen molar-refractivity contribution < 1.29 is 30.0 Å². The van der Waals surface area contributed by atoms with E-state index in [1.807, 2.05) is 0 Å². The van der Waals surface area contributed by atoms with Gasteiger partial charge in [0.15, 0.2) is 0 Å². The number of carboxylic acids is 1. The van der Waals surface area contributed by atoms with Gasteiger partial charge < -0.3 is 20.4 Å². The third kappa shape index (κ3) is 2.26.